The van der Waals surface area contributed by atoms with Crippen molar-refractivity contribution in [2.75, 3.05) is 19.5 Å². The van der Waals surface area contributed by atoms with E-state index in [1.54, 1.807) is 14.2 Å². The van der Waals surface area contributed by atoms with Crippen LogP contribution in [-0.2, 0) is 4.74 Å². The second-order valence-electron chi connectivity index (χ2n) is 4.32. The van der Waals surface area contributed by atoms with Crippen molar-refractivity contribution >= 4 is 5.69 Å². The molecule has 0 heterocycles. The van der Waals surface area contributed by atoms with Crippen molar-refractivity contribution in [2.45, 2.75) is 24.5 Å². The molecular formula is C13H16N2O2. The largest absolute Gasteiger partial charge is 0.497 e. The smallest absolute Gasteiger partial charge is 0.130 e. The summed E-state index contributed by atoms with van der Waals surface area (Å²) in [6.45, 7) is 0. The first kappa shape index (κ1) is 11.7. The molecule has 0 atom stereocenters. The third kappa shape index (κ3) is 2.34. The monoisotopic (exact) mass is 232 g/mol. The fraction of sp³-hybridized carbons (Fsp3) is 0.462. The van der Waals surface area contributed by atoms with Crippen molar-refractivity contribution in [2.24, 2.45) is 0 Å². The quantitative estimate of drug-likeness (QED) is 0.864. The summed E-state index contributed by atoms with van der Waals surface area (Å²) in [6.07, 6.45) is 1.63. The van der Waals surface area contributed by atoms with Gasteiger partial charge in [-0.15, -0.1) is 0 Å². The molecule has 0 unspecified atom stereocenters. The lowest BCUT2D eigenvalue weighted by Gasteiger charge is -2.42. The molecule has 1 aromatic carbocycles. The van der Waals surface area contributed by atoms with E-state index in [2.05, 4.69) is 11.4 Å². The van der Waals surface area contributed by atoms with Gasteiger partial charge in [-0.2, -0.15) is 5.26 Å². The predicted octanol–water partition coefficient (Wildman–Crippen LogP) is 2.18. The molecule has 1 N–H and O–H groups in total. The highest BCUT2D eigenvalue weighted by molar-refractivity contribution is 5.52. The molecule has 1 aliphatic carbocycles. The Morgan fingerprint density at radius 2 is 2.18 bits per heavy atom. The van der Waals surface area contributed by atoms with Crippen LogP contribution in [0.2, 0.25) is 0 Å². The van der Waals surface area contributed by atoms with Crippen LogP contribution in [0.1, 0.15) is 12.8 Å². The maximum absolute atomic E-state index is 9.24. The highest BCUT2D eigenvalue weighted by Gasteiger charge is 2.45. The normalized spacial score (nSPS) is 26.8. The number of nitrogens with zero attached hydrogens (tertiary/aromatic N) is 1. The first-order valence-electron chi connectivity index (χ1n) is 5.57. The van der Waals surface area contributed by atoms with Crippen molar-refractivity contribution in [3.8, 4) is 11.8 Å². The maximum atomic E-state index is 9.24. The van der Waals surface area contributed by atoms with Gasteiger partial charge >= 0.3 is 0 Å². The first-order chi connectivity index (χ1) is 8.21. The second-order valence-corrected chi connectivity index (χ2v) is 4.32. The summed E-state index contributed by atoms with van der Waals surface area (Å²) in [7, 11) is 3.31. The van der Waals surface area contributed by atoms with Gasteiger partial charge in [0.05, 0.1) is 19.3 Å². The lowest BCUT2D eigenvalue weighted by atomic mass is 9.75. The lowest BCUT2D eigenvalue weighted by Crippen LogP contribution is -2.52. The molecule has 2 rings (SSSR count). The minimum Gasteiger partial charge on any atom is -0.497 e. The van der Waals surface area contributed by atoms with Crippen LogP contribution in [0.25, 0.3) is 0 Å². The van der Waals surface area contributed by atoms with E-state index in [-0.39, 0.29) is 6.10 Å². The Kier molecular flexibility index (Phi) is 3.21. The fourth-order valence-electron chi connectivity index (χ4n) is 2.08. The predicted molar refractivity (Wildman–Crippen MR) is 65.0 cm³/mol. The highest BCUT2D eigenvalue weighted by Crippen LogP contribution is 2.37. The molecule has 0 bridgehead atoms. The molecule has 17 heavy (non-hydrogen) atoms. The van der Waals surface area contributed by atoms with E-state index >= 15 is 0 Å². The van der Waals surface area contributed by atoms with Crippen molar-refractivity contribution < 1.29 is 9.47 Å². The van der Waals surface area contributed by atoms with Crippen LogP contribution < -0.4 is 10.1 Å². The van der Waals surface area contributed by atoms with Crippen molar-refractivity contribution in [3.63, 3.8) is 0 Å². The molecule has 4 heteroatoms. The van der Waals surface area contributed by atoms with E-state index in [0.717, 1.165) is 24.3 Å². The molecule has 0 aliphatic heterocycles. The van der Waals surface area contributed by atoms with Crippen molar-refractivity contribution in [1.82, 2.24) is 0 Å². The Balaban J connectivity index is 2.07. The topological polar surface area (TPSA) is 54.3 Å². The van der Waals surface area contributed by atoms with Gasteiger partial charge in [-0.3, -0.25) is 0 Å². The van der Waals surface area contributed by atoms with E-state index in [4.69, 9.17) is 9.47 Å². The second kappa shape index (κ2) is 4.64. The number of benzene rings is 1. The third-order valence-electron chi connectivity index (χ3n) is 3.15. The molecular weight excluding hydrogens is 216 g/mol. The van der Waals surface area contributed by atoms with Crippen molar-refractivity contribution in [1.29, 1.82) is 5.26 Å². The van der Waals surface area contributed by atoms with Gasteiger partial charge in [-0.05, 0) is 12.1 Å². The SMILES string of the molecule is COc1cccc(NC2(C#N)CC(OC)C2)c1. The summed E-state index contributed by atoms with van der Waals surface area (Å²) in [5.41, 5.74) is 0.410. The minimum atomic E-state index is -0.493. The van der Waals surface area contributed by atoms with Gasteiger partial charge in [-0.1, -0.05) is 6.07 Å². The fourth-order valence-corrected chi connectivity index (χ4v) is 2.08. The Hall–Kier alpha value is -1.73. The zero-order valence-corrected chi connectivity index (χ0v) is 10.1. The summed E-state index contributed by atoms with van der Waals surface area (Å²) in [5, 5.41) is 12.5. The Labute approximate surface area is 101 Å². The summed E-state index contributed by atoms with van der Waals surface area (Å²) < 4.78 is 10.4. The average Bonchev–Trinajstić information content (AvgIpc) is 2.33. The number of anilines is 1. The van der Waals surface area contributed by atoms with Gasteiger partial charge in [0.25, 0.3) is 0 Å². The Morgan fingerprint density at radius 3 is 2.76 bits per heavy atom. The van der Waals surface area contributed by atoms with E-state index in [0.29, 0.717) is 0 Å². The van der Waals surface area contributed by atoms with Gasteiger partial charge in [0, 0.05) is 31.7 Å². The summed E-state index contributed by atoms with van der Waals surface area (Å²) >= 11 is 0. The van der Waals surface area contributed by atoms with Gasteiger partial charge in [0.2, 0.25) is 0 Å². The number of hydrogen-bond acceptors (Lipinski definition) is 4. The molecule has 4 nitrogen and oxygen atoms in total. The van der Waals surface area contributed by atoms with Crippen LogP contribution >= 0.6 is 0 Å². The van der Waals surface area contributed by atoms with Gasteiger partial charge in [-0.25, -0.2) is 0 Å². The Morgan fingerprint density at radius 1 is 1.41 bits per heavy atom. The van der Waals surface area contributed by atoms with Crippen LogP contribution in [0.4, 0.5) is 5.69 Å². The number of nitrogens with one attached hydrogen (secondary N) is 1. The number of rotatable bonds is 4. The minimum absolute atomic E-state index is 0.188. The number of ether oxygens (including phenoxy) is 2. The summed E-state index contributed by atoms with van der Waals surface area (Å²) in [5.74, 6) is 0.783. The molecule has 1 aromatic rings. The zero-order chi connectivity index (χ0) is 12.3. The molecule has 0 aromatic heterocycles. The number of hydrogen-bond donors (Lipinski definition) is 1. The third-order valence-corrected chi connectivity index (χ3v) is 3.15. The first-order valence-corrected chi connectivity index (χ1v) is 5.57. The summed E-state index contributed by atoms with van der Waals surface area (Å²) in [4.78, 5) is 0. The standard InChI is InChI=1S/C13H16N2O2/c1-16-11-5-3-4-10(6-11)15-13(9-14)7-12(8-13)17-2/h3-6,12,15H,7-8H2,1-2H3. The molecule has 1 aliphatic rings. The van der Waals surface area contributed by atoms with E-state index in [1.807, 2.05) is 24.3 Å². The molecule has 0 amide bonds. The van der Waals surface area contributed by atoms with E-state index in [9.17, 15) is 5.26 Å². The molecule has 0 spiro atoms. The van der Waals surface area contributed by atoms with E-state index < -0.39 is 5.54 Å². The average molecular weight is 232 g/mol. The lowest BCUT2D eigenvalue weighted by molar-refractivity contribution is 0.0129. The highest BCUT2D eigenvalue weighted by atomic mass is 16.5. The van der Waals surface area contributed by atoms with Gasteiger partial charge in [0.15, 0.2) is 0 Å². The Bertz CT molecular complexity index is 433. The van der Waals surface area contributed by atoms with Gasteiger partial charge < -0.3 is 14.8 Å². The molecule has 0 saturated heterocycles. The maximum Gasteiger partial charge on any atom is 0.130 e. The van der Waals surface area contributed by atoms with Crippen LogP contribution in [0.3, 0.4) is 0 Å². The van der Waals surface area contributed by atoms with Gasteiger partial charge in [0.1, 0.15) is 11.3 Å². The van der Waals surface area contributed by atoms with Crippen LogP contribution in [0.15, 0.2) is 24.3 Å². The number of nitriles is 1. The van der Waals surface area contributed by atoms with E-state index in [1.165, 1.54) is 0 Å². The van der Waals surface area contributed by atoms with Crippen molar-refractivity contribution in [3.05, 3.63) is 24.3 Å². The number of methoxy groups -OCH3 is 2. The molecule has 90 valence electrons. The molecule has 1 fully saturated rings. The zero-order valence-electron chi connectivity index (χ0n) is 10.1. The van der Waals surface area contributed by atoms with Crippen LogP contribution in [0, 0.1) is 11.3 Å². The summed E-state index contributed by atoms with van der Waals surface area (Å²) in [6, 6.07) is 9.93. The van der Waals surface area contributed by atoms with Crippen LogP contribution in [-0.4, -0.2) is 25.9 Å². The van der Waals surface area contributed by atoms with Crippen LogP contribution in [0.5, 0.6) is 5.75 Å². The molecule has 0 radical (unpaired) electrons. The molecule has 1 saturated carbocycles.